The Balaban J connectivity index is 4.24. The van der Waals surface area contributed by atoms with Crippen LogP contribution in [0.5, 0.6) is 0 Å². The number of hydrogen-bond donors (Lipinski definition) is 2. The van der Waals surface area contributed by atoms with Crippen molar-refractivity contribution in [3.05, 3.63) is 0 Å². The summed E-state index contributed by atoms with van der Waals surface area (Å²) in [6.45, 7) is 1.76. The Bertz CT molecular complexity index is 208. The highest BCUT2D eigenvalue weighted by molar-refractivity contribution is 7.98. The van der Waals surface area contributed by atoms with Gasteiger partial charge in [-0.15, -0.1) is 0 Å². The summed E-state index contributed by atoms with van der Waals surface area (Å²) in [5, 5.41) is 0. The van der Waals surface area contributed by atoms with E-state index in [0.29, 0.717) is 12.2 Å². The van der Waals surface area contributed by atoms with Crippen LogP contribution in [0.2, 0.25) is 0 Å². The van der Waals surface area contributed by atoms with E-state index in [9.17, 15) is 9.59 Å². The maximum Gasteiger partial charge on any atom is 0.224 e. The van der Waals surface area contributed by atoms with Gasteiger partial charge in [-0.05, 0) is 19.6 Å². The molecule has 1 atom stereocenters. The third-order valence-corrected chi connectivity index (χ3v) is 2.91. The smallest absolute Gasteiger partial charge is 0.224 e. The maximum atomic E-state index is 11.1. The first kappa shape index (κ1) is 12.3. The van der Waals surface area contributed by atoms with Gasteiger partial charge in [0.05, 0.1) is 5.41 Å². The largest absolute Gasteiger partial charge is 0.370 e. The van der Waals surface area contributed by atoms with Crippen molar-refractivity contribution < 1.29 is 9.59 Å². The molecule has 0 heterocycles. The minimum atomic E-state index is -0.617. The van der Waals surface area contributed by atoms with Crippen molar-refractivity contribution in [2.75, 3.05) is 12.0 Å². The molecule has 0 aromatic rings. The molecule has 13 heavy (non-hydrogen) atoms. The van der Waals surface area contributed by atoms with Crippen LogP contribution in [0.4, 0.5) is 0 Å². The zero-order valence-electron chi connectivity index (χ0n) is 8.00. The van der Waals surface area contributed by atoms with E-state index in [-0.39, 0.29) is 12.3 Å². The Hall–Kier alpha value is -0.710. The SMILES string of the molecule is CSCC(C)(CCC(N)=O)C(N)=O. The fourth-order valence-corrected chi connectivity index (χ4v) is 1.91. The van der Waals surface area contributed by atoms with Gasteiger partial charge in [-0.1, -0.05) is 0 Å². The molecule has 2 amide bonds. The highest BCUT2D eigenvalue weighted by atomic mass is 32.2. The zero-order valence-corrected chi connectivity index (χ0v) is 8.82. The Morgan fingerprint density at radius 2 is 1.92 bits per heavy atom. The van der Waals surface area contributed by atoms with Crippen LogP contribution in [0.25, 0.3) is 0 Å². The second kappa shape index (κ2) is 5.11. The van der Waals surface area contributed by atoms with Crippen LogP contribution in [0.3, 0.4) is 0 Å². The van der Waals surface area contributed by atoms with E-state index < -0.39 is 11.3 Å². The summed E-state index contributed by atoms with van der Waals surface area (Å²) in [5.41, 5.74) is 9.62. The first-order valence-corrected chi connectivity index (χ1v) is 5.39. The highest BCUT2D eigenvalue weighted by Gasteiger charge is 2.30. The van der Waals surface area contributed by atoms with Gasteiger partial charge in [0.1, 0.15) is 0 Å². The summed E-state index contributed by atoms with van der Waals surface area (Å²) in [7, 11) is 0. The second-order valence-corrected chi connectivity index (χ2v) is 4.19. The molecule has 76 valence electrons. The lowest BCUT2D eigenvalue weighted by Gasteiger charge is -2.24. The first-order chi connectivity index (χ1) is 5.92. The second-order valence-electron chi connectivity index (χ2n) is 3.32. The molecular weight excluding hydrogens is 188 g/mol. The third-order valence-electron chi connectivity index (χ3n) is 1.98. The number of thioether (sulfide) groups is 1. The number of rotatable bonds is 6. The Morgan fingerprint density at radius 1 is 1.38 bits per heavy atom. The number of hydrogen-bond acceptors (Lipinski definition) is 3. The molecule has 0 aliphatic carbocycles. The van der Waals surface area contributed by atoms with E-state index in [1.165, 1.54) is 11.8 Å². The molecule has 0 spiro atoms. The molecule has 1 unspecified atom stereocenters. The van der Waals surface area contributed by atoms with Gasteiger partial charge in [-0.3, -0.25) is 9.59 Å². The molecule has 0 aromatic carbocycles. The van der Waals surface area contributed by atoms with Crippen molar-refractivity contribution in [3.63, 3.8) is 0 Å². The number of nitrogens with two attached hydrogens (primary N) is 2. The lowest BCUT2D eigenvalue weighted by Crippen LogP contribution is -2.37. The summed E-state index contributed by atoms with van der Waals surface area (Å²) in [6, 6.07) is 0. The van der Waals surface area contributed by atoms with E-state index in [1.807, 2.05) is 6.26 Å². The van der Waals surface area contributed by atoms with Crippen LogP contribution in [0, 0.1) is 5.41 Å². The number of amides is 2. The summed E-state index contributed by atoms with van der Waals surface area (Å²) in [4.78, 5) is 21.6. The van der Waals surface area contributed by atoms with Crippen molar-refractivity contribution in [2.24, 2.45) is 16.9 Å². The van der Waals surface area contributed by atoms with E-state index in [4.69, 9.17) is 11.5 Å². The lowest BCUT2D eigenvalue weighted by molar-refractivity contribution is -0.126. The lowest BCUT2D eigenvalue weighted by atomic mass is 9.87. The highest BCUT2D eigenvalue weighted by Crippen LogP contribution is 2.26. The van der Waals surface area contributed by atoms with Gasteiger partial charge in [0, 0.05) is 12.2 Å². The quantitative estimate of drug-likeness (QED) is 0.643. The number of primary amides is 2. The molecule has 0 bridgehead atoms. The summed E-state index contributed by atoms with van der Waals surface area (Å²) in [5.74, 6) is -0.146. The molecule has 0 fully saturated rings. The molecule has 0 aromatic heterocycles. The van der Waals surface area contributed by atoms with Crippen LogP contribution in [-0.2, 0) is 9.59 Å². The van der Waals surface area contributed by atoms with Gasteiger partial charge in [-0.2, -0.15) is 11.8 Å². The van der Waals surface area contributed by atoms with Crippen molar-refractivity contribution in [1.29, 1.82) is 0 Å². The summed E-state index contributed by atoms with van der Waals surface area (Å²) >= 11 is 1.54. The van der Waals surface area contributed by atoms with Crippen LogP contribution in [-0.4, -0.2) is 23.8 Å². The standard InChI is InChI=1S/C8H16N2O2S/c1-8(5-13-2,7(10)12)4-3-6(9)11/h3-5H2,1-2H3,(H2,9,11)(H2,10,12). The zero-order chi connectivity index (χ0) is 10.5. The van der Waals surface area contributed by atoms with Crippen LogP contribution >= 0.6 is 11.8 Å². The molecule has 0 saturated heterocycles. The molecule has 5 heteroatoms. The topological polar surface area (TPSA) is 86.2 Å². The average molecular weight is 204 g/mol. The van der Waals surface area contributed by atoms with E-state index in [0.717, 1.165) is 0 Å². The van der Waals surface area contributed by atoms with Crippen molar-refractivity contribution in [2.45, 2.75) is 19.8 Å². The molecular formula is C8H16N2O2S. The number of carbonyl (C=O) groups excluding carboxylic acids is 2. The molecule has 0 rings (SSSR count). The summed E-state index contributed by atoms with van der Waals surface area (Å²) in [6.07, 6.45) is 2.53. The van der Waals surface area contributed by atoms with Crippen molar-refractivity contribution >= 4 is 23.6 Å². The van der Waals surface area contributed by atoms with Gasteiger partial charge >= 0.3 is 0 Å². The molecule has 4 nitrogen and oxygen atoms in total. The Kier molecular flexibility index (Phi) is 4.83. The maximum absolute atomic E-state index is 11.1. The number of carbonyl (C=O) groups is 2. The van der Waals surface area contributed by atoms with E-state index >= 15 is 0 Å². The van der Waals surface area contributed by atoms with Crippen LogP contribution in [0.1, 0.15) is 19.8 Å². The minimum absolute atomic E-state index is 0.208. The summed E-state index contributed by atoms with van der Waals surface area (Å²) < 4.78 is 0. The van der Waals surface area contributed by atoms with Crippen LogP contribution < -0.4 is 11.5 Å². The fraction of sp³-hybridized carbons (Fsp3) is 0.750. The van der Waals surface area contributed by atoms with E-state index in [1.54, 1.807) is 6.92 Å². The first-order valence-electron chi connectivity index (χ1n) is 3.99. The van der Waals surface area contributed by atoms with Crippen molar-refractivity contribution in [1.82, 2.24) is 0 Å². The molecule has 0 saturated carbocycles. The Morgan fingerprint density at radius 3 is 2.23 bits per heavy atom. The predicted molar refractivity (Wildman–Crippen MR) is 54.1 cm³/mol. The normalized spacial score (nSPS) is 14.9. The predicted octanol–water partition coefficient (Wildman–Crippen LogP) is 0.106. The average Bonchev–Trinajstić information content (AvgIpc) is 2.01. The fourth-order valence-electron chi connectivity index (χ4n) is 0.984. The van der Waals surface area contributed by atoms with Crippen molar-refractivity contribution in [3.8, 4) is 0 Å². The molecule has 0 aliphatic heterocycles. The van der Waals surface area contributed by atoms with Gasteiger partial charge in [0.15, 0.2) is 0 Å². The molecule has 4 N–H and O–H groups in total. The molecule has 0 radical (unpaired) electrons. The van der Waals surface area contributed by atoms with Crippen LogP contribution in [0.15, 0.2) is 0 Å². The van der Waals surface area contributed by atoms with Gasteiger partial charge in [-0.25, -0.2) is 0 Å². The van der Waals surface area contributed by atoms with Gasteiger partial charge in [0.2, 0.25) is 11.8 Å². The van der Waals surface area contributed by atoms with Gasteiger partial charge in [0.25, 0.3) is 0 Å². The van der Waals surface area contributed by atoms with E-state index in [2.05, 4.69) is 0 Å². The third kappa shape index (κ3) is 4.17. The van der Waals surface area contributed by atoms with Gasteiger partial charge < -0.3 is 11.5 Å². The Labute approximate surface area is 82.4 Å². The monoisotopic (exact) mass is 204 g/mol. The molecule has 0 aliphatic rings. The minimum Gasteiger partial charge on any atom is -0.370 e.